The molecule has 0 unspecified atom stereocenters. The first-order valence-electron chi connectivity index (χ1n) is 11.4. The van der Waals surface area contributed by atoms with E-state index >= 15 is 0 Å². The molecule has 1 N–H and O–H groups in total. The summed E-state index contributed by atoms with van der Waals surface area (Å²) in [4.78, 5) is 41.2. The van der Waals surface area contributed by atoms with Crippen LogP contribution in [-0.4, -0.2) is 28.4 Å². The van der Waals surface area contributed by atoms with Crippen LogP contribution in [0.1, 0.15) is 48.8 Å². The van der Waals surface area contributed by atoms with Gasteiger partial charge in [-0.3, -0.25) is 19.9 Å². The van der Waals surface area contributed by atoms with Gasteiger partial charge in [0.15, 0.2) is 6.61 Å². The van der Waals surface area contributed by atoms with Crippen LogP contribution >= 0.6 is 11.6 Å². The molecule has 0 aliphatic heterocycles. The quantitative estimate of drug-likeness (QED) is 0.274. The Morgan fingerprint density at radius 3 is 2.69 bits per heavy atom. The van der Waals surface area contributed by atoms with Gasteiger partial charge < -0.3 is 10.1 Å². The van der Waals surface area contributed by atoms with E-state index in [2.05, 4.69) is 26.1 Å². The number of para-hydroxylation sites is 1. The zero-order chi connectivity index (χ0) is 25.3. The summed E-state index contributed by atoms with van der Waals surface area (Å²) in [6.07, 6.45) is 2.45. The molecule has 0 spiro atoms. The summed E-state index contributed by atoms with van der Waals surface area (Å²) in [6.45, 7) is 5.98. The SMILES string of the molecule is CC(C)(C)[C@@H]1CCc2nc3ccccc3c(C(=O)OCC(=O)Nc3ccc(Cl)cc3[N+](=O)[O-])c2C1. The fourth-order valence-electron chi connectivity index (χ4n) is 4.51. The third kappa shape index (κ3) is 5.27. The number of aryl methyl sites for hydroxylation is 1. The Hall–Kier alpha value is -3.52. The molecule has 0 saturated carbocycles. The van der Waals surface area contributed by atoms with E-state index in [4.69, 9.17) is 21.3 Å². The highest BCUT2D eigenvalue weighted by molar-refractivity contribution is 6.31. The molecule has 1 aromatic heterocycles. The summed E-state index contributed by atoms with van der Waals surface area (Å²) in [7, 11) is 0. The second-order valence-electron chi connectivity index (χ2n) is 9.78. The predicted molar refractivity (Wildman–Crippen MR) is 134 cm³/mol. The van der Waals surface area contributed by atoms with Gasteiger partial charge in [-0.1, -0.05) is 50.6 Å². The first-order chi connectivity index (χ1) is 16.5. The Bertz CT molecular complexity index is 1330. The van der Waals surface area contributed by atoms with Crippen molar-refractivity contribution in [1.82, 2.24) is 4.98 Å². The molecule has 0 bridgehead atoms. The van der Waals surface area contributed by atoms with Crippen LogP contribution in [0.2, 0.25) is 5.02 Å². The van der Waals surface area contributed by atoms with Gasteiger partial charge in [0.05, 0.1) is 16.0 Å². The summed E-state index contributed by atoms with van der Waals surface area (Å²) in [6, 6.07) is 11.3. The summed E-state index contributed by atoms with van der Waals surface area (Å²) in [5.74, 6) is -0.933. The maximum Gasteiger partial charge on any atom is 0.339 e. The first kappa shape index (κ1) is 24.6. The van der Waals surface area contributed by atoms with E-state index in [1.54, 1.807) is 0 Å². The smallest absolute Gasteiger partial charge is 0.339 e. The Kier molecular flexibility index (Phi) is 6.76. The standard InChI is InChI=1S/C26H26ClN3O5/c1-26(2,3)15-8-10-20-18(12-15)24(17-6-4-5-7-19(17)28-20)25(32)35-14-23(31)29-21-11-9-16(27)13-22(21)30(33)34/h4-7,9,11,13,15H,8,10,12,14H2,1-3H3,(H,29,31)/t15-/m1/s1. The number of benzene rings is 2. The van der Waals surface area contributed by atoms with Crippen molar-refractivity contribution in [3.05, 3.63) is 74.4 Å². The number of carbonyl (C=O) groups is 2. The average Bonchev–Trinajstić information content (AvgIpc) is 2.81. The van der Waals surface area contributed by atoms with Crippen molar-refractivity contribution in [2.75, 3.05) is 11.9 Å². The summed E-state index contributed by atoms with van der Waals surface area (Å²) < 4.78 is 5.41. The highest BCUT2D eigenvalue weighted by Gasteiger charge is 2.33. The molecule has 1 aliphatic rings. The third-order valence-corrected chi connectivity index (χ3v) is 6.69. The molecule has 182 valence electrons. The lowest BCUT2D eigenvalue weighted by atomic mass is 9.70. The minimum absolute atomic E-state index is 0.0276. The zero-order valence-electron chi connectivity index (χ0n) is 19.8. The number of rotatable bonds is 5. The highest BCUT2D eigenvalue weighted by atomic mass is 35.5. The number of nitro benzene ring substituents is 1. The number of aromatic nitrogens is 1. The number of amides is 1. The number of carbonyl (C=O) groups excluding carboxylic acids is 2. The van der Waals surface area contributed by atoms with E-state index < -0.39 is 23.4 Å². The van der Waals surface area contributed by atoms with Gasteiger partial charge in [-0.25, -0.2) is 4.79 Å². The van der Waals surface area contributed by atoms with E-state index in [9.17, 15) is 19.7 Å². The van der Waals surface area contributed by atoms with E-state index in [0.29, 0.717) is 28.8 Å². The fourth-order valence-corrected chi connectivity index (χ4v) is 4.68. The number of ether oxygens (including phenoxy) is 1. The maximum absolute atomic E-state index is 13.3. The molecule has 2 aromatic carbocycles. The van der Waals surface area contributed by atoms with Gasteiger partial charge in [0.2, 0.25) is 0 Å². The fraction of sp³-hybridized carbons (Fsp3) is 0.346. The number of hydrogen-bond acceptors (Lipinski definition) is 6. The minimum atomic E-state index is -0.691. The summed E-state index contributed by atoms with van der Waals surface area (Å²) >= 11 is 5.82. The van der Waals surface area contributed by atoms with Crippen LogP contribution in [0.5, 0.6) is 0 Å². The van der Waals surface area contributed by atoms with Crippen LogP contribution in [0, 0.1) is 21.4 Å². The minimum Gasteiger partial charge on any atom is -0.452 e. The van der Waals surface area contributed by atoms with Crippen molar-refractivity contribution in [2.24, 2.45) is 11.3 Å². The lowest BCUT2D eigenvalue weighted by Crippen LogP contribution is -2.29. The molecule has 1 heterocycles. The number of halogens is 1. The number of esters is 1. The number of pyridine rings is 1. The molecule has 35 heavy (non-hydrogen) atoms. The maximum atomic E-state index is 13.3. The number of nitro groups is 1. The second kappa shape index (κ2) is 9.62. The van der Waals surface area contributed by atoms with Crippen molar-refractivity contribution in [3.8, 4) is 0 Å². The Balaban J connectivity index is 1.59. The van der Waals surface area contributed by atoms with E-state index in [-0.39, 0.29) is 21.8 Å². The number of anilines is 1. The number of fused-ring (bicyclic) bond motifs is 2. The monoisotopic (exact) mass is 495 g/mol. The van der Waals surface area contributed by atoms with Crippen LogP contribution < -0.4 is 5.32 Å². The summed E-state index contributed by atoms with van der Waals surface area (Å²) in [5, 5.41) is 14.5. The molecule has 0 fully saturated rings. The van der Waals surface area contributed by atoms with E-state index in [0.717, 1.165) is 30.2 Å². The Labute approximate surface area is 207 Å². The topological polar surface area (TPSA) is 111 Å². The van der Waals surface area contributed by atoms with Crippen molar-refractivity contribution < 1.29 is 19.2 Å². The van der Waals surface area contributed by atoms with Crippen LogP contribution in [0.25, 0.3) is 10.9 Å². The van der Waals surface area contributed by atoms with Gasteiger partial charge in [-0.2, -0.15) is 0 Å². The Morgan fingerprint density at radius 1 is 1.23 bits per heavy atom. The molecule has 1 atom stereocenters. The third-order valence-electron chi connectivity index (χ3n) is 6.45. The lowest BCUT2D eigenvalue weighted by molar-refractivity contribution is -0.383. The van der Waals surface area contributed by atoms with Gasteiger partial charge in [0, 0.05) is 22.2 Å². The molecule has 0 radical (unpaired) electrons. The average molecular weight is 496 g/mol. The van der Waals surface area contributed by atoms with Crippen LogP contribution in [0.4, 0.5) is 11.4 Å². The van der Waals surface area contributed by atoms with E-state index in [1.165, 1.54) is 12.1 Å². The van der Waals surface area contributed by atoms with Crippen LogP contribution in [-0.2, 0) is 22.4 Å². The number of nitrogens with zero attached hydrogens (tertiary/aromatic N) is 2. The zero-order valence-corrected chi connectivity index (χ0v) is 20.5. The molecule has 1 aliphatic carbocycles. The van der Waals surface area contributed by atoms with Crippen molar-refractivity contribution >= 4 is 45.8 Å². The molecule has 3 aromatic rings. The van der Waals surface area contributed by atoms with Gasteiger partial charge in [-0.05, 0) is 54.4 Å². The van der Waals surface area contributed by atoms with Crippen LogP contribution in [0.3, 0.4) is 0 Å². The largest absolute Gasteiger partial charge is 0.452 e. The second-order valence-corrected chi connectivity index (χ2v) is 10.2. The normalized spacial score (nSPS) is 15.4. The van der Waals surface area contributed by atoms with Gasteiger partial charge in [0.25, 0.3) is 11.6 Å². The molecule has 1 amide bonds. The van der Waals surface area contributed by atoms with Gasteiger partial charge in [-0.15, -0.1) is 0 Å². The molecule has 9 heteroatoms. The first-order valence-corrected chi connectivity index (χ1v) is 11.7. The molecular formula is C26H26ClN3O5. The van der Waals surface area contributed by atoms with Gasteiger partial charge in [0.1, 0.15) is 5.69 Å². The van der Waals surface area contributed by atoms with E-state index in [1.807, 2.05) is 24.3 Å². The predicted octanol–water partition coefficient (Wildman–Crippen LogP) is 5.74. The molecule has 8 nitrogen and oxygen atoms in total. The highest BCUT2D eigenvalue weighted by Crippen LogP contribution is 2.39. The molecule has 4 rings (SSSR count). The summed E-state index contributed by atoms with van der Waals surface area (Å²) in [5.41, 5.74) is 2.59. The number of hydrogen-bond donors (Lipinski definition) is 1. The van der Waals surface area contributed by atoms with Gasteiger partial charge >= 0.3 is 5.97 Å². The molecular weight excluding hydrogens is 470 g/mol. The Morgan fingerprint density at radius 2 is 1.97 bits per heavy atom. The van der Waals surface area contributed by atoms with Crippen LogP contribution in [0.15, 0.2) is 42.5 Å². The van der Waals surface area contributed by atoms with Crippen molar-refractivity contribution in [1.29, 1.82) is 0 Å². The number of nitrogens with one attached hydrogen (secondary N) is 1. The van der Waals surface area contributed by atoms with Crippen molar-refractivity contribution in [2.45, 2.75) is 40.0 Å². The lowest BCUT2D eigenvalue weighted by Gasteiger charge is -2.35. The van der Waals surface area contributed by atoms with Crippen molar-refractivity contribution in [3.63, 3.8) is 0 Å². The molecule has 0 saturated heterocycles.